The first kappa shape index (κ1) is 22.2. The van der Waals surface area contributed by atoms with E-state index in [0.717, 1.165) is 0 Å². The molecule has 0 aliphatic rings. The highest BCUT2D eigenvalue weighted by atomic mass is 32.1. The maximum absolute atomic E-state index is 12.4. The molecule has 1 heterocycles. The van der Waals surface area contributed by atoms with Crippen LogP contribution in [0.25, 0.3) is 0 Å². The summed E-state index contributed by atoms with van der Waals surface area (Å²) in [7, 11) is 1.49. The number of carbonyl (C=O) groups is 3. The van der Waals surface area contributed by atoms with E-state index >= 15 is 0 Å². The van der Waals surface area contributed by atoms with Gasteiger partial charge in [0.25, 0.3) is 0 Å². The summed E-state index contributed by atoms with van der Waals surface area (Å²) in [5, 5.41) is 9.97. The third-order valence-corrected chi connectivity index (χ3v) is 4.25. The van der Waals surface area contributed by atoms with Crippen LogP contribution in [0.5, 0.6) is 5.75 Å². The van der Waals surface area contributed by atoms with Crippen LogP contribution in [0.4, 0.5) is 21.3 Å². The van der Waals surface area contributed by atoms with Gasteiger partial charge in [-0.25, -0.2) is 9.78 Å². The molecule has 156 valence electrons. The average Bonchev–Trinajstić information content (AvgIpc) is 3.06. The van der Waals surface area contributed by atoms with Crippen molar-refractivity contribution in [2.24, 2.45) is 5.92 Å². The van der Waals surface area contributed by atoms with E-state index in [1.165, 1.54) is 25.4 Å². The first-order valence-corrected chi connectivity index (χ1v) is 9.78. The van der Waals surface area contributed by atoms with Crippen molar-refractivity contribution < 1.29 is 23.9 Å². The number of hydrogen-bond donors (Lipinski definition) is 3. The van der Waals surface area contributed by atoms with E-state index < -0.39 is 6.09 Å². The van der Waals surface area contributed by atoms with E-state index in [4.69, 9.17) is 9.47 Å². The van der Waals surface area contributed by atoms with E-state index in [9.17, 15) is 14.4 Å². The van der Waals surface area contributed by atoms with Crippen molar-refractivity contribution in [3.05, 3.63) is 29.3 Å². The molecule has 0 atom stereocenters. The predicted molar refractivity (Wildman–Crippen MR) is 112 cm³/mol. The quantitative estimate of drug-likeness (QED) is 0.601. The van der Waals surface area contributed by atoms with Crippen LogP contribution in [0.3, 0.4) is 0 Å². The number of amides is 3. The Kier molecular flexibility index (Phi) is 7.96. The van der Waals surface area contributed by atoms with Crippen LogP contribution in [0, 0.1) is 5.92 Å². The molecule has 0 spiro atoms. The molecule has 0 bridgehead atoms. The van der Waals surface area contributed by atoms with E-state index in [1.54, 1.807) is 23.6 Å². The Morgan fingerprint density at radius 2 is 1.93 bits per heavy atom. The third kappa shape index (κ3) is 7.41. The molecule has 9 nitrogen and oxygen atoms in total. The van der Waals surface area contributed by atoms with Crippen molar-refractivity contribution in [3.8, 4) is 5.75 Å². The minimum Gasteiger partial charge on any atom is -0.495 e. The number of thiazole rings is 1. The number of hydrogen-bond acceptors (Lipinski definition) is 7. The van der Waals surface area contributed by atoms with Crippen molar-refractivity contribution in [2.45, 2.75) is 27.2 Å². The maximum atomic E-state index is 12.4. The normalized spacial score (nSPS) is 10.4. The van der Waals surface area contributed by atoms with Gasteiger partial charge in [0.05, 0.1) is 31.5 Å². The average molecular weight is 420 g/mol. The lowest BCUT2D eigenvalue weighted by molar-refractivity contribution is -0.116. The number of methoxy groups -OCH3 is 1. The summed E-state index contributed by atoms with van der Waals surface area (Å²) >= 11 is 1.20. The fraction of sp³-hybridized carbons (Fsp3) is 0.368. The van der Waals surface area contributed by atoms with Gasteiger partial charge in [-0.2, -0.15) is 0 Å². The number of ether oxygens (including phenoxy) is 2. The highest BCUT2D eigenvalue weighted by Crippen LogP contribution is 2.28. The molecule has 3 N–H and O–H groups in total. The molecule has 0 saturated carbocycles. The van der Waals surface area contributed by atoms with Gasteiger partial charge in [0.2, 0.25) is 11.8 Å². The molecule has 3 amide bonds. The van der Waals surface area contributed by atoms with Gasteiger partial charge in [-0.05, 0) is 24.1 Å². The molecule has 1 aromatic heterocycles. The van der Waals surface area contributed by atoms with Gasteiger partial charge in [0.1, 0.15) is 5.75 Å². The van der Waals surface area contributed by atoms with Gasteiger partial charge >= 0.3 is 6.09 Å². The van der Waals surface area contributed by atoms with E-state index in [1.807, 2.05) is 13.8 Å². The standard InChI is InChI=1S/C19H24N4O5S/c1-11(2)9-28-19(26)23-18-21-14(10-29-18)8-17(25)22-15-7-13(20-12(3)24)5-6-16(15)27-4/h5-7,10-11H,8-9H2,1-4H3,(H,20,24)(H,22,25)(H,21,23,26). The second kappa shape index (κ2) is 10.4. The van der Waals surface area contributed by atoms with Crippen LogP contribution in [-0.2, 0) is 20.7 Å². The van der Waals surface area contributed by atoms with Gasteiger partial charge in [0, 0.05) is 18.0 Å². The van der Waals surface area contributed by atoms with Gasteiger partial charge in [0.15, 0.2) is 5.13 Å². The smallest absolute Gasteiger partial charge is 0.413 e. The number of rotatable bonds is 8. The first-order chi connectivity index (χ1) is 13.8. The van der Waals surface area contributed by atoms with E-state index in [2.05, 4.69) is 20.9 Å². The topological polar surface area (TPSA) is 119 Å². The van der Waals surface area contributed by atoms with Crippen molar-refractivity contribution in [1.82, 2.24) is 4.98 Å². The highest BCUT2D eigenvalue weighted by Gasteiger charge is 2.13. The second-order valence-corrected chi connectivity index (χ2v) is 7.44. The van der Waals surface area contributed by atoms with Crippen LogP contribution < -0.4 is 20.7 Å². The number of benzene rings is 1. The zero-order valence-electron chi connectivity index (χ0n) is 16.7. The van der Waals surface area contributed by atoms with Crippen LogP contribution in [0.15, 0.2) is 23.6 Å². The molecular weight excluding hydrogens is 396 g/mol. The lowest BCUT2D eigenvalue weighted by Crippen LogP contribution is -2.17. The monoisotopic (exact) mass is 420 g/mol. The van der Waals surface area contributed by atoms with E-state index in [0.29, 0.717) is 34.6 Å². The van der Waals surface area contributed by atoms with E-state index in [-0.39, 0.29) is 24.2 Å². The van der Waals surface area contributed by atoms with Gasteiger partial charge in [-0.1, -0.05) is 13.8 Å². The lowest BCUT2D eigenvalue weighted by atomic mass is 10.2. The summed E-state index contributed by atoms with van der Waals surface area (Å²) in [6.07, 6.45) is -0.573. The Morgan fingerprint density at radius 1 is 1.17 bits per heavy atom. The molecule has 0 unspecified atom stereocenters. The van der Waals surface area contributed by atoms with Crippen molar-refractivity contribution in [2.75, 3.05) is 29.7 Å². The lowest BCUT2D eigenvalue weighted by Gasteiger charge is -2.12. The molecule has 0 saturated heterocycles. The zero-order valence-corrected chi connectivity index (χ0v) is 17.5. The van der Waals surface area contributed by atoms with Gasteiger partial charge in [-0.15, -0.1) is 11.3 Å². The first-order valence-electron chi connectivity index (χ1n) is 8.90. The summed E-state index contributed by atoms with van der Waals surface area (Å²) in [5.41, 5.74) is 1.46. The predicted octanol–water partition coefficient (Wildman–Crippen LogP) is 3.50. The molecule has 1 aromatic carbocycles. The Hall–Kier alpha value is -3.14. The van der Waals surface area contributed by atoms with Crippen LogP contribution in [0.2, 0.25) is 0 Å². The summed E-state index contributed by atoms with van der Waals surface area (Å²) < 4.78 is 10.3. The second-order valence-electron chi connectivity index (χ2n) is 6.58. The Morgan fingerprint density at radius 3 is 2.59 bits per heavy atom. The summed E-state index contributed by atoms with van der Waals surface area (Å²) in [6.45, 7) is 5.59. The summed E-state index contributed by atoms with van der Waals surface area (Å²) in [5.74, 6) is 0.155. The molecule has 0 aliphatic carbocycles. The van der Waals surface area contributed by atoms with Gasteiger partial charge in [-0.3, -0.25) is 14.9 Å². The molecule has 2 aromatic rings. The molecule has 10 heteroatoms. The zero-order chi connectivity index (χ0) is 21.4. The molecule has 0 fully saturated rings. The Bertz CT molecular complexity index is 881. The number of carbonyl (C=O) groups excluding carboxylic acids is 3. The van der Waals surface area contributed by atoms with Crippen molar-refractivity contribution in [3.63, 3.8) is 0 Å². The number of aromatic nitrogens is 1. The van der Waals surface area contributed by atoms with Crippen molar-refractivity contribution in [1.29, 1.82) is 0 Å². The van der Waals surface area contributed by atoms with Crippen LogP contribution >= 0.6 is 11.3 Å². The highest BCUT2D eigenvalue weighted by molar-refractivity contribution is 7.13. The number of anilines is 3. The van der Waals surface area contributed by atoms with Gasteiger partial charge < -0.3 is 20.1 Å². The SMILES string of the molecule is COc1ccc(NC(C)=O)cc1NC(=O)Cc1csc(NC(=O)OCC(C)C)n1. The van der Waals surface area contributed by atoms with Crippen LogP contribution in [0.1, 0.15) is 26.5 Å². The molecule has 0 aliphatic heterocycles. The van der Waals surface area contributed by atoms with Crippen molar-refractivity contribution >= 4 is 45.8 Å². The molecule has 29 heavy (non-hydrogen) atoms. The fourth-order valence-electron chi connectivity index (χ4n) is 2.26. The third-order valence-electron chi connectivity index (χ3n) is 3.44. The minimum atomic E-state index is -0.580. The maximum Gasteiger partial charge on any atom is 0.413 e. The number of nitrogens with one attached hydrogen (secondary N) is 3. The number of nitrogens with zero attached hydrogens (tertiary/aromatic N) is 1. The molecule has 0 radical (unpaired) electrons. The minimum absolute atomic E-state index is 0.00669. The molecular formula is C19H24N4O5S. The molecule has 2 rings (SSSR count). The Labute approximate surface area is 172 Å². The Balaban J connectivity index is 1.96. The fourth-order valence-corrected chi connectivity index (χ4v) is 2.95. The summed E-state index contributed by atoms with van der Waals surface area (Å²) in [6, 6.07) is 4.93. The largest absolute Gasteiger partial charge is 0.495 e. The van der Waals surface area contributed by atoms with Crippen LogP contribution in [-0.4, -0.2) is 36.6 Å². The summed E-state index contributed by atoms with van der Waals surface area (Å²) in [4.78, 5) is 39.5.